The van der Waals surface area contributed by atoms with E-state index in [1.807, 2.05) is 0 Å². The Kier molecular flexibility index (Phi) is 8.92. The van der Waals surface area contributed by atoms with Crippen LogP contribution in [-0.4, -0.2) is 54.1 Å². The highest BCUT2D eigenvalue weighted by molar-refractivity contribution is 6.07. The lowest BCUT2D eigenvalue weighted by Crippen LogP contribution is -2.26. The number of esters is 1. The number of phenolic OH excluding ortho intramolecular Hbond substituents is 1. The Morgan fingerprint density at radius 2 is 1.63 bits per heavy atom. The second kappa shape index (κ2) is 11.6. The third kappa shape index (κ3) is 8.46. The molecule has 0 aliphatic rings. The Labute approximate surface area is 202 Å². The number of aliphatic imine (C=N–C) groups is 1. The molecule has 0 bridgehead atoms. The Hall–Kier alpha value is -4.41. The van der Waals surface area contributed by atoms with Gasteiger partial charge >= 0.3 is 12.1 Å². The summed E-state index contributed by atoms with van der Waals surface area (Å²) in [6.45, 7) is 5.14. The smallest absolute Gasteiger partial charge is 0.436 e. The number of carbonyl (C=O) groups is 4. The van der Waals surface area contributed by atoms with E-state index >= 15 is 0 Å². The molecule has 11 nitrogen and oxygen atoms in total. The highest BCUT2D eigenvalue weighted by atomic mass is 16.6. The van der Waals surface area contributed by atoms with Crippen LogP contribution in [0.3, 0.4) is 0 Å². The number of amidine groups is 1. The number of rotatable bonds is 7. The predicted molar refractivity (Wildman–Crippen MR) is 128 cm³/mol. The summed E-state index contributed by atoms with van der Waals surface area (Å²) in [4.78, 5) is 51.6. The van der Waals surface area contributed by atoms with Crippen molar-refractivity contribution in [2.24, 2.45) is 10.7 Å². The Morgan fingerprint density at radius 3 is 2.23 bits per heavy atom. The van der Waals surface area contributed by atoms with Gasteiger partial charge in [-0.2, -0.15) is 4.99 Å². The molecule has 0 spiro atoms. The maximum absolute atomic E-state index is 12.6. The molecule has 0 saturated heterocycles. The highest BCUT2D eigenvalue weighted by Gasteiger charge is 2.17. The summed E-state index contributed by atoms with van der Waals surface area (Å²) < 4.78 is 9.59. The molecule has 0 fully saturated rings. The highest BCUT2D eigenvalue weighted by Crippen LogP contribution is 2.22. The van der Waals surface area contributed by atoms with Gasteiger partial charge in [-0.15, -0.1) is 0 Å². The van der Waals surface area contributed by atoms with Gasteiger partial charge in [0.1, 0.15) is 17.2 Å². The van der Waals surface area contributed by atoms with E-state index in [0.717, 1.165) is 0 Å². The van der Waals surface area contributed by atoms with E-state index in [2.05, 4.69) is 20.4 Å². The van der Waals surface area contributed by atoms with Crippen LogP contribution in [0.2, 0.25) is 0 Å². The molecule has 0 aromatic heterocycles. The normalized spacial score (nSPS) is 11.4. The summed E-state index contributed by atoms with van der Waals surface area (Å²) >= 11 is 0. The van der Waals surface area contributed by atoms with E-state index in [4.69, 9.17) is 10.5 Å². The predicted octanol–water partition coefficient (Wildman–Crippen LogP) is 2.58. The van der Waals surface area contributed by atoms with Crippen LogP contribution in [0.5, 0.6) is 5.75 Å². The fraction of sp³-hybridized carbons (Fsp3) is 0.292. The molecule has 0 unspecified atom stereocenters. The number of benzene rings is 2. The van der Waals surface area contributed by atoms with Gasteiger partial charge in [-0.05, 0) is 51.1 Å². The Balaban J connectivity index is 2.06. The lowest BCUT2D eigenvalue weighted by molar-refractivity contribution is -0.140. The van der Waals surface area contributed by atoms with E-state index < -0.39 is 29.5 Å². The molecule has 11 heteroatoms. The molecule has 2 aromatic carbocycles. The molecule has 5 N–H and O–H groups in total. The van der Waals surface area contributed by atoms with Gasteiger partial charge in [0.2, 0.25) is 0 Å². The molecular weight excluding hydrogens is 456 g/mol. The Bertz CT molecular complexity index is 1140. The fourth-order valence-electron chi connectivity index (χ4n) is 2.71. The third-order valence-corrected chi connectivity index (χ3v) is 4.39. The van der Waals surface area contributed by atoms with Crippen LogP contribution >= 0.6 is 0 Å². The quantitative estimate of drug-likeness (QED) is 0.201. The zero-order valence-corrected chi connectivity index (χ0v) is 19.9. The van der Waals surface area contributed by atoms with E-state index in [1.54, 1.807) is 20.8 Å². The fourth-order valence-corrected chi connectivity index (χ4v) is 2.71. The van der Waals surface area contributed by atoms with Gasteiger partial charge in [-0.3, -0.25) is 14.4 Å². The van der Waals surface area contributed by atoms with Crippen molar-refractivity contribution in [2.45, 2.75) is 32.8 Å². The maximum Gasteiger partial charge on any atom is 0.436 e. The zero-order valence-electron chi connectivity index (χ0n) is 19.9. The van der Waals surface area contributed by atoms with Gasteiger partial charge < -0.3 is 30.9 Å². The van der Waals surface area contributed by atoms with Crippen LogP contribution in [0.15, 0.2) is 47.5 Å². The summed E-state index contributed by atoms with van der Waals surface area (Å²) in [7, 11) is 1.24. The number of anilines is 1. The summed E-state index contributed by atoms with van der Waals surface area (Å²) in [5.74, 6) is -1.94. The minimum atomic E-state index is -0.825. The number of hydrogen-bond donors (Lipinski definition) is 4. The second-order valence-corrected chi connectivity index (χ2v) is 8.32. The molecule has 0 heterocycles. The number of ether oxygens (including phenoxy) is 2. The monoisotopic (exact) mass is 484 g/mol. The van der Waals surface area contributed by atoms with Gasteiger partial charge in [0.15, 0.2) is 0 Å². The van der Waals surface area contributed by atoms with Crippen LogP contribution in [0.1, 0.15) is 53.5 Å². The van der Waals surface area contributed by atoms with Crippen molar-refractivity contribution in [1.82, 2.24) is 5.32 Å². The number of nitrogens with one attached hydrogen (secondary N) is 2. The summed E-state index contributed by atoms with van der Waals surface area (Å²) in [5.41, 5.74) is 6.02. The van der Waals surface area contributed by atoms with Crippen molar-refractivity contribution in [2.75, 3.05) is 19.0 Å². The second-order valence-electron chi connectivity index (χ2n) is 8.32. The SMILES string of the molecule is COC(=O)CCNC(=O)c1cc(NC(=O)c2ccc(C(N)=NC(=O)OC(C)(C)C)cc2)ccc1O. The lowest BCUT2D eigenvalue weighted by atomic mass is 10.1. The minimum Gasteiger partial charge on any atom is -0.507 e. The number of aromatic hydroxyl groups is 1. The molecule has 0 aliphatic carbocycles. The van der Waals surface area contributed by atoms with Crippen LogP contribution in [0.4, 0.5) is 10.5 Å². The standard InChI is InChI=1S/C24H28N4O7/c1-24(2,3)35-23(33)28-20(25)14-5-7-15(8-6-14)21(31)27-16-9-10-18(29)17(13-16)22(32)26-12-11-19(30)34-4/h5-10,13,29H,11-12H2,1-4H3,(H,26,32)(H,27,31)(H2,25,28,33). The van der Waals surface area contributed by atoms with Crippen molar-refractivity contribution in [3.63, 3.8) is 0 Å². The maximum atomic E-state index is 12.6. The summed E-state index contributed by atoms with van der Waals surface area (Å²) in [6.07, 6.45) is -0.850. The zero-order chi connectivity index (χ0) is 26.2. The van der Waals surface area contributed by atoms with Crippen LogP contribution < -0.4 is 16.4 Å². The van der Waals surface area contributed by atoms with Crippen molar-refractivity contribution < 1.29 is 33.8 Å². The first kappa shape index (κ1) is 26.8. The molecule has 35 heavy (non-hydrogen) atoms. The first-order valence-corrected chi connectivity index (χ1v) is 10.6. The number of carbonyl (C=O) groups excluding carboxylic acids is 4. The van der Waals surface area contributed by atoms with Crippen molar-refractivity contribution in [1.29, 1.82) is 0 Å². The number of amides is 3. The average molecular weight is 485 g/mol. The minimum absolute atomic E-state index is 0.0221. The Morgan fingerprint density at radius 1 is 1.00 bits per heavy atom. The number of methoxy groups -OCH3 is 1. The van der Waals surface area contributed by atoms with Gasteiger partial charge in [-0.25, -0.2) is 4.79 Å². The van der Waals surface area contributed by atoms with Gasteiger partial charge in [0, 0.05) is 23.4 Å². The van der Waals surface area contributed by atoms with Crippen molar-refractivity contribution in [3.8, 4) is 5.75 Å². The van der Waals surface area contributed by atoms with Crippen LogP contribution in [0, 0.1) is 0 Å². The molecular formula is C24H28N4O7. The number of hydrogen-bond acceptors (Lipinski definition) is 7. The van der Waals surface area contributed by atoms with Crippen LogP contribution in [-0.2, 0) is 14.3 Å². The molecule has 3 amide bonds. The molecule has 0 atom stereocenters. The molecule has 2 aromatic rings. The lowest BCUT2D eigenvalue weighted by Gasteiger charge is -2.17. The molecule has 0 saturated carbocycles. The van der Waals surface area contributed by atoms with E-state index in [1.165, 1.54) is 49.6 Å². The van der Waals surface area contributed by atoms with Crippen molar-refractivity contribution >= 4 is 35.4 Å². The molecule has 186 valence electrons. The van der Waals surface area contributed by atoms with E-state index in [9.17, 15) is 24.3 Å². The van der Waals surface area contributed by atoms with Gasteiger partial charge in [0.05, 0.1) is 19.1 Å². The van der Waals surface area contributed by atoms with Crippen molar-refractivity contribution in [3.05, 3.63) is 59.2 Å². The number of phenols is 1. The first-order chi connectivity index (χ1) is 16.4. The largest absolute Gasteiger partial charge is 0.507 e. The van der Waals surface area contributed by atoms with Gasteiger partial charge in [-0.1, -0.05) is 12.1 Å². The summed E-state index contributed by atoms with van der Waals surface area (Å²) in [6, 6.07) is 10.0. The van der Waals surface area contributed by atoms with Gasteiger partial charge in [0.25, 0.3) is 11.8 Å². The molecule has 0 aliphatic heterocycles. The average Bonchev–Trinajstić information content (AvgIpc) is 2.78. The van der Waals surface area contributed by atoms with Crippen LogP contribution in [0.25, 0.3) is 0 Å². The number of nitrogens with zero attached hydrogens (tertiary/aromatic N) is 1. The third-order valence-electron chi connectivity index (χ3n) is 4.39. The topological polar surface area (TPSA) is 169 Å². The molecule has 2 rings (SSSR count). The van der Waals surface area contributed by atoms with E-state index in [0.29, 0.717) is 5.56 Å². The first-order valence-electron chi connectivity index (χ1n) is 10.6. The molecule has 0 radical (unpaired) electrons. The van der Waals surface area contributed by atoms with E-state index in [-0.39, 0.29) is 41.4 Å². The number of nitrogens with two attached hydrogens (primary N) is 1. The summed E-state index contributed by atoms with van der Waals surface area (Å²) in [5, 5.41) is 15.1.